The summed E-state index contributed by atoms with van der Waals surface area (Å²) in [5.74, 6) is 0.836. The first-order valence-electron chi connectivity index (χ1n) is 7.97. The minimum Gasteiger partial charge on any atom is -0.496 e. The van der Waals surface area contributed by atoms with Crippen LogP contribution >= 0.6 is 0 Å². The molecule has 0 N–H and O–H groups in total. The van der Waals surface area contributed by atoms with Crippen LogP contribution in [0.2, 0.25) is 18.1 Å². The summed E-state index contributed by atoms with van der Waals surface area (Å²) in [6, 6.07) is 12.1. The average Bonchev–Trinajstić information content (AvgIpc) is 2.52. The first-order valence-corrected chi connectivity index (χ1v) is 10.9. The van der Waals surface area contributed by atoms with Crippen LogP contribution < -0.4 is 4.74 Å². The first-order chi connectivity index (χ1) is 10.7. The van der Waals surface area contributed by atoms with Gasteiger partial charge in [0, 0.05) is 11.8 Å². The highest BCUT2D eigenvalue weighted by atomic mass is 28.4. The summed E-state index contributed by atoms with van der Waals surface area (Å²) in [4.78, 5) is 4.49. The molecule has 0 aliphatic carbocycles. The van der Waals surface area contributed by atoms with E-state index in [4.69, 9.17) is 9.16 Å². The molecule has 0 amide bonds. The van der Waals surface area contributed by atoms with Crippen LogP contribution in [0, 0.1) is 0 Å². The van der Waals surface area contributed by atoms with E-state index in [9.17, 15) is 0 Å². The molecule has 0 unspecified atom stereocenters. The third kappa shape index (κ3) is 4.21. The molecule has 124 valence electrons. The van der Waals surface area contributed by atoms with Crippen molar-refractivity contribution < 1.29 is 9.16 Å². The molecule has 0 aliphatic heterocycles. The minimum atomic E-state index is -1.75. The molecule has 23 heavy (non-hydrogen) atoms. The van der Waals surface area contributed by atoms with Crippen LogP contribution in [0.4, 0.5) is 0 Å². The maximum atomic E-state index is 6.31. The number of para-hydroxylation sites is 1. The van der Waals surface area contributed by atoms with Crippen molar-refractivity contribution in [3.8, 4) is 17.0 Å². The van der Waals surface area contributed by atoms with Crippen LogP contribution in [0.3, 0.4) is 0 Å². The molecule has 1 heterocycles. The second kappa shape index (κ2) is 6.85. The third-order valence-electron chi connectivity index (χ3n) is 4.61. The second-order valence-corrected chi connectivity index (χ2v) is 12.1. The average molecular weight is 330 g/mol. The number of hydrogen-bond donors (Lipinski definition) is 0. The number of aromatic nitrogens is 1. The zero-order chi connectivity index (χ0) is 17.1. The van der Waals surface area contributed by atoms with Gasteiger partial charge in [-0.05, 0) is 48.0 Å². The van der Waals surface area contributed by atoms with Crippen molar-refractivity contribution in [3.05, 3.63) is 48.2 Å². The molecule has 0 aliphatic rings. The topological polar surface area (TPSA) is 31.4 Å². The van der Waals surface area contributed by atoms with Crippen molar-refractivity contribution in [2.75, 3.05) is 7.11 Å². The van der Waals surface area contributed by atoms with Crippen molar-refractivity contribution in [1.82, 2.24) is 4.98 Å². The molecular weight excluding hydrogens is 302 g/mol. The Balaban J connectivity index is 2.21. The second-order valence-electron chi connectivity index (χ2n) is 7.30. The highest BCUT2D eigenvalue weighted by Crippen LogP contribution is 2.37. The van der Waals surface area contributed by atoms with E-state index in [0.717, 1.165) is 22.6 Å². The van der Waals surface area contributed by atoms with E-state index < -0.39 is 8.32 Å². The van der Waals surface area contributed by atoms with Crippen molar-refractivity contribution in [2.24, 2.45) is 0 Å². The lowest BCUT2D eigenvalue weighted by atomic mass is 10.1. The first kappa shape index (κ1) is 17.7. The number of methoxy groups -OCH3 is 1. The highest BCUT2D eigenvalue weighted by molar-refractivity contribution is 6.74. The Bertz CT molecular complexity index is 662. The predicted octanol–water partition coefficient (Wildman–Crippen LogP) is 5.28. The van der Waals surface area contributed by atoms with E-state index in [-0.39, 0.29) is 5.04 Å². The summed E-state index contributed by atoms with van der Waals surface area (Å²) in [5.41, 5.74) is 3.06. The van der Waals surface area contributed by atoms with Crippen LogP contribution in [0.25, 0.3) is 11.3 Å². The van der Waals surface area contributed by atoms with E-state index in [1.165, 1.54) is 0 Å². The third-order valence-corrected chi connectivity index (χ3v) is 9.09. The summed E-state index contributed by atoms with van der Waals surface area (Å²) >= 11 is 0. The van der Waals surface area contributed by atoms with Crippen molar-refractivity contribution >= 4 is 8.32 Å². The van der Waals surface area contributed by atoms with Gasteiger partial charge in [0.15, 0.2) is 8.32 Å². The lowest BCUT2D eigenvalue weighted by molar-refractivity contribution is 0.276. The zero-order valence-corrected chi connectivity index (χ0v) is 16.0. The summed E-state index contributed by atoms with van der Waals surface area (Å²) in [7, 11) is -0.0635. The van der Waals surface area contributed by atoms with Gasteiger partial charge in [-0.3, -0.25) is 4.98 Å². The van der Waals surface area contributed by atoms with Gasteiger partial charge in [0.2, 0.25) is 0 Å². The van der Waals surface area contributed by atoms with Gasteiger partial charge in [-0.1, -0.05) is 32.9 Å². The van der Waals surface area contributed by atoms with E-state index >= 15 is 0 Å². The molecule has 0 saturated carbocycles. The fourth-order valence-corrected chi connectivity index (χ4v) is 3.01. The van der Waals surface area contributed by atoms with E-state index in [2.05, 4.69) is 44.9 Å². The molecule has 0 saturated heterocycles. The Morgan fingerprint density at radius 2 is 1.78 bits per heavy atom. The summed E-state index contributed by atoms with van der Waals surface area (Å²) in [6.07, 6.45) is 1.84. The highest BCUT2D eigenvalue weighted by Gasteiger charge is 2.37. The molecule has 0 radical (unpaired) electrons. The molecule has 2 aromatic rings. The number of nitrogens with zero attached hydrogens (tertiary/aromatic N) is 1. The largest absolute Gasteiger partial charge is 0.496 e. The van der Waals surface area contributed by atoms with Gasteiger partial charge in [-0.15, -0.1) is 0 Å². The van der Waals surface area contributed by atoms with Crippen LogP contribution in [0.5, 0.6) is 5.75 Å². The summed E-state index contributed by atoms with van der Waals surface area (Å²) in [6.45, 7) is 11.9. The van der Waals surface area contributed by atoms with Crippen LogP contribution in [-0.2, 0) is 11.0 Å². The molecule has 2 rings (SSSR count). The number of benzene rings is 1. The molecule has 3 nitrogen and oxygen atoms in total. The van der Waals surface area contributed by atoms with Gasteiger partial charge in [0.05, 0.1) is 19.4 Å². The maximum absolute atomic E-state index is 6.31. The Hall–Kier alpha value is -1.65. The molecule has 1 aromatic heterocycles. The standard InChI is InChI=1S/C19H27NO2Si/c1-19(2,3)23(5,6)22-14-15-11-12-20-17(13-15)16-9-7-8-10-18(16)21-4/h7-13H,14H2,1-6H3. The van der Waals surface area contributed by atoms with E-state index in [0.29, 0.717) is 6.61 Å². The fourth-order valence-electron chi connectivity index (χ4n) is 2.05. The van der Waals surface area contributed by atoms with Crippen LogP contribution in [0.15, 0.2) is 42.6 Å². The normalized spacial score (nSPS) is 12.3. The minimum absolute atomic E-state index is 0.214. The van der Waals surface area contributed by atoms with Crippen molar-refractivity contribution in [1.29, 1.82) is 0 Å². The van der Waals surface area contributed by atoms with Gasteiger partial charge in [0.1, 0.15) is 5.75 Å². The Labute approximate surface area is 140 Å². The molecule has 1 aromatic carbocycles. The molecule has 0 fully saturated rings. The Morgan fingerprint density at radius 3 is 2.43 bits per heavy atom. The van der Waals surface area contributed by atoms with Gasteiger partial charge >= 0.3 is 0 Å². The van der Waals surface area contributed by atoms with E-state index in [1.807, 2.05) is 36.5 Å². The summed E-state index contributed by atoms with van der Waals surface area (Å²) < 4.78 is 11.7. The monoisotopic (exact) mass is 329 g/mol. The zero-order valence-electron chi connectivity index (χ0n) is 15.0. The molecule has 0 bridgehead atoms. The van der Waals surface area contributed by atoms with Crippen LogP contribution in [0.1, 0.15) is 26.3 Å². The quantitative estimate of drug-likeness (QED) is 0.699. The summed E-state index contributed by atoms with van der Waals surface area (Å²) in [5, 5.41) is 0.214. The van der Waals surface area contributed by atoms with Crippen molar-refractivity contribution in [3.63, 3.8) is 0 Å². The number of ether oxygens (including phenoxy) is 1. The maximum Gasteiger partial charge on any atom is 0.192 e. The molecular formula is C19H27NO2Si. The smallest absolute Gasteiger partial charge is 0.192 e. The predicted molar refractivity (Wildman–Crippen MR) is 98.2 cm³/mol. The Kier molecular flexibility index (Phi) is 5.27. The molecule has 4 heteroatoms. The Morgan fingerprint density at radius 1 is 1.09 bits per heavy atom. The molecule has 0 atom stereocenters. The fraction of sp³-hybridized carbons (Fsp3) is 0.421. The number of hydrogen-bond acceptors (Lipinski definition) is 3. The lowest BCUT2D eigenvalue weighted by Gasteiger charge is -2.36. The van der Waals surface area contributed by atoms with Crippen molar-refractivity contribution in [2.45, 2.75) is 45.5 Å². The van der Waals surface area contributed by atoms with Gasteiger partial charge in [-0.25, -0.2) is 0 Å². The lowest BCUT2D eigenvalue weighted by Crippen LogP contribution is -2.40. The SMILES string of the molecule is COc1ccccc1-c1cc(CO[Si](C)(C)C(C)(C)C)ccn1. The van der Waals surface area contributed by atoms with Gasteiger partial charge in [-0.2, -0.15) is 0 Å². The molecule has 0 spiro atoms. The van der Waals surface area contributed by atoms with Gasteiger partial charge in [0.25, 0.3) is 0 Å². The van der Waals surface area contributed by atoms with Crippen LogP contribution in [-0.4, -0.2) is 20.4 Å². The number of rotatable bonds is 5. The number of pyridine rings is 1. The van der Waals surface area contributed by atoms with Gasteiger partial charge < -0.3 is 9.16 Å². The van der Waals surface area contributed by atoms with E-state index in [1.54, 1.807) is 7.11 Å².